The average molecular weight is 312 g/mol. The number of halogens is 2. The molecular formula is C14H11ClFNO4. The van der Waals surface area contributed by atoms with Crippen molar-refractivity contribution in [2.24, 2.45) is 0 Å². The first-order valence-electron chi connectivity index (χ1n) is 5.84. The predicted octanol–water partition coefficient (Wildman–Crippen LogP) is 3.16. The number of methoxy groups -OCH3 is 1. The van der Waals surface area contributed by atoms with Gasteiger partial charge in [-0.2, -0.15) is 0 Å². The van der Waals surface area contributed by atoms with Gasteiger partial charge in [0, 0.05) is 22.8 Å². The van der Waals surface area contributed by atoms with Crippen LogP contribution in [-0.2, 0) is 6.61 Å². The topological polar surface area (TPSA) is 68.7 Å². The maximum atomic E-state index is 13.0. The number of rotatable bonds is 5. The number of benzene rings is 1. The largest absolute Gasteiger partial charge is 0.493 e. The normalized spacial score (nSPS) is 10.2. The van der Waals surface area contributed by atoms with Crippen LogP contribution in [0.15, 0.2) is 30.6 Å². The Bertz CT molecular complexity index is 678. The summed E-state index contributed by atoms with van der Waals surface area (Å²) in [4.78, 5) is 14.9. The third-order valence-electron chi connectivity index (χ3n) is 2.61. The minimum atomic E-state index is -1.21. The highest BCUT2D eigenvalue weighted by atomic mass is 35.5. The van der Waals surface area contributed by atoms with Crippen molar-refractivity contribution >= 4 is 17.6 Å². The van der Waals surface area contributed by atoms with Gasteiger partial charge in [-0.25, -0.2) is 9.18 Å². The fraction of sp³-hybridized carbons (Fsp3) is 0.143. The molecule has 0 fully saturated rings. The van der Waals surface area contributed by atoms with Gasteiger partial charge in [0.2, 0.25) is 0 Å². The van der Waals surface area contributed by atoms with E-state index < -0.39 is 11.8 Å². The molecule has 0 saturated carbocycles. The number of aromatic carboxylic acids is 1. The molecule has 2 aromatic rings. The molecule has 5 nitrogen and oxygen atoms in total. The number of pyridine rings is 1. The third-order valence-corrected chi connectivity index (χ3v) is 2.83. The second-order valence-corrected chi connectivity index (χ2v) is 4.53. The maximum absolute atomic E-state index is 13.0. The number of aromatic nitrogens is 1. The molecule has 0 saturated heterocycles. The smallest absolute Gasteiger partial charge is 0.339 e. The quantitative estimate of drug-likeness (QED) is 0.918. The highest BCUT2D eigenvalue weighted by molar-refractivity contribution is 6.31. The molecule has 0 atom stereocenters. The SMILES string of the molecule is COc1cc(Cl)cc(C(=O)O)c1OCc1cncc(F)c1. The summed E-state index contributed by atoms with van der Waals surface area (Å²) in [6, 6.07) is 3.94. The highest BCUT2D eigenvalue weighted by Gasteiger charge is 2.18. The van der Waals surface area contributed by atoms with Crippen LogP contribution in [0.4, 0.5) is 4.39 Å². The van der Waals surface area contributed by atoms with Crippen molar-refractivity contribution in [3.8, 4) is 11.5 Å². The van der Waals surface area contributed by atoms with Crippen molar-refractivity contribution in [2.45, 2.75) is 6.61 Å². The molecule has 1 heterocycles. The Hall–Kier alpha value is -2.34. The van der Waals surface area contributed by atoms with Crippen LogP contribution in [0.1, 0.15) is 15.9 Å². The Morgan fingerprint density at radius 3 is 2.76 bits per heavy atom. The third kappa shape index (κ3) is 3.61. The lowest BCUT2D eigenvalue weighted by atomic mass is 10.2. The van der Waals surface area contributed by atoms with E-state index in [0.717, 1.165) is 6.20 Å². The van der Waals surface area contributed by atoms with E-state index in [1.54, 1.807) is 0 Å². The van der Waals surface area contributed by atoms with Gasteiger partial charge >= 0.3 is 5.97 Å². The van der Waals surface area contributed by atoms with Gasteiger partial charge in [-0.1, -0.05) is 11.6 Å². The zero-order chi connectivity index (χ0) is 15.4. The molecule has 1 N–H and O–H groups in total. The van der Waals surface area contributed by atoms with Gasteiger partial charge in [0.1, 0.15) is 18.0 Å². The first-order valence-corrected chi connectivity index (χ1v) is 6.22. The predicted molar refractivity (Wildman–Crippen MR) is 73.5 cm³/mol. The van der Waals surface area contributed by atoms with Gasteiger partial charge in [-0.15, -0.1) is 0 Å². The van der Waals surface area contributed by atoms with Crippen LogP contribution in [0.25, 0.3) is 0 Å². The van der Waals surface area contributed by atoms with Crippen molar-refractivity contribution in [3.05, 3.63) is 52.6 Å². The number of hydrogen-bond donors (Lipinski definition) is 1. The van der Waals surface area contributed by atoms with E-state index in [9.17, 15) is 14.3 Å². The van der Waals surface area contributed by atoms with E-state index in [4.69, 9.17) is 21.1 Å². The maximum Gasteiger partial charge on any atom is 0.339 e. The monoisotopic (exact) mass is 311 g/mol. The zero-order valence-electron chi connectivity index (χ0n) is 11.0. The molecule has 2 rings (SSSR count). The Morgan fingerprint density at radius 1 is 1.38 bits per heavy atom. The van der Waals surface area contributed by atoms with E-state index in [1.165, 1.54) is 31.5 Å². The van der Waals surface area contributed by atoms with Crippen LogP contribution >= 0.6 is 11.6 Å². The molecule has 0 amide bonds. The van der Waals surface area contributed by atoms with Crippen molar-refractivity contribution < 1.29 is 23.8 Å². The Balaban J connectivity index is 2.32. The number of ether oxygens (including phenoxy) is 2. The Kier molecular flexibility index (Phi) is 4.59. The Labute approximate surface area is 124 Å². The number of carbonyl (C=O) groups is 1. The summed E-state index contributed by atoms with van der Waals surface area (Å²) in [5.74, 6) is -1.50. The van der Waals surface area contributed by atoms with E-state index in [1.807, 2.05) is 0 Å². The molecule has 0 aliphatic carbocycles. The molecule has 1 aromatic carbocycles. The Morgan fingerprint density at radius 2 is 2.14 bits per heavy atom. The number of nitrogens with zero attached hydrogens (tertiary/aromatic N) is 1. The molecule has 0 aliphatic rings. The summed E-state index contributed by atoms with van der Waals surface area (Å²) in [5.41, 5.74) is 0.326. The van der Waals surface area contributed by atoms with Crippen LogP contribution in [0.2, 0.25) is 5.02 Å². The molecule has 0 unspecified atom stereocenters. The second-order valence-electron chi connectivity index (χ2n) is 4.09. The minimum absolute atomic E-state index is 0.0265. The summed E-state index contributed by atoms with van der Waals surface area (Å²) in [6.07, 6.45) is 2.49. The number of carboxylic acid groups (broad SMARTS) is 1. The lowest BCUT2D eigenvalue weighted by Gasteiger charge is -2.13. The van der Waals surface area contributed by atoms with Crippen LogP contribution in [0.5, 0.6) is 11.5 Å². The average Bonchev–Trinajstić information content (AvgIpc) is 2.45. The summed E-state index contributed by atoms with van der Waals surface area (Å²) in [5, 5.41) is 9.40. The summed E-state index contributed by atoms with van der Waals surface area (Å²) in [7, 11) is 1.37. The molecule has 0 spiro atoms. The van der Waals surface area contributed by atoms with Crippen molar-refractivity contribution in [1.29, 1.82) is 0 Å². The van der Waals surface area contributed by atoms with Crippen molar-refractivity contribution in [1.82, 2.24) is 4.98 Å². The molecule has 1 aromatic heterocycles. The molecular weight excluding hydrogens is 301 g/mol. The van der Waals surface area contributed by atoms with Gasteiger partial charge in [-0.3, -0.25) is 4.98 Å². The lowest BCUT2D eigenvalue weighted by molar-refractivity contribution is 0.0691. The summed E-state index contributed by atoms with van der Waals surface area (Å²) < 4.78 is 23.6. The van der Waals surface area contributed by atoms with Gasteiger partial charge in [0.15, 0.2) is 11.5 Å². The van der Waals surface area contributed by atoms with Gasteiger partial charge < -0.3 is 14.6 Å². The molecule has 110 valence electrons. The van der Waals surface area contributed by atoms with Crippen molar-refractivity contribution in [3.63, 3.8) is 0 Å². The molecule has 0 bridgehead atoms. The second kappa shape index (κ2) is 6.41. The van der Waals surface area contributed by atoms with Gasteiger partial charge in [-0.05, 0) is 12.1 Å². The van der Waals surface area contributed by atoms with E-state index >= 15 is 0 Å². The summed E-state index contributed by atoms with van der Waals surface area (Å²) in [6.45, 7) is -0.0525. The fourth-order valence-corrected chi connectivity index (χ4v) is 1.93. The molecule has 7 heteroatoms. The lowest BCUT2D eigenvalue weighted by Crippen LogP contribution is -2.06. The highest BCUT2D eigenvalue weighted by Crippen LogP contribution is 2.35. The van der Waals surface area contributed by atoms with Gasteiger partial charge in [0.05, 0.1) is 13.3 Å². The molecule has 21 heavy (non-hydrogen) atoms. The minimum Gasteiger partial charge on any atom is -0.493 e. The van der Waals surface area contributed by atoms with E-state index in [-0.39, 0.29) is 28.7 Å². The zero-order valence-corrected chi connectivity index (χ0v) is 11.7. The van der Waals surface area contributed by atoms with Gasteiger partial charge in [0.25, 0.3) is 0 Å². The van der Waals surface area contributed by atoms with Crippen LogP contribution in [0.3, 0.4) is 0 Å². The number of carboxylic acids is 1. The fourth-order valence-electron chi connectivity index (χ4n) is 1.72. The van der Waals surface area contributed by atoms with E-state index in [2.05, 4.69) is 4.98 Å². The first kappa shape index (κ1) is 15.1. The van der Waals surface area contributed by atoms with Crippen LogP contribution in [-0.4, -0.2) is 23.2 Å². The number of hydrogen-bond acceptors (Lipinski definition) is 4. The standard InChI is InChI=1S/C14H11ClFNO4/c1-20-12-4-9(15)3-11(14(18)19)13(12)21-7-8-2-10(16)6-17-5-8/h2-6H,7H2,1H3,(H,18,19). The molecule has 0 radical (unpaired) electrons. The molecule has 0 aliphatic heterocycles. The summed E-state index contributed by atoms with van der Waals surface area (Å²) >= 11 is 5.82. The van der Waals surface area contributed by atoms with Crippen LogP contribution in [0, 0.1) is 5.82 Å². The van der Waals surface area contributed by atoms with E-state index in [0.29, 0.717) is 5.56 Å². The first-order chi connectivity index (χ1) is 10.0. The van der Waals surface area contributed by atoms with Crippen LogP contribution < -0.4 is 9.47 Å². The van der Waals surface area contributed by atoms with Crippen molar-refractivity contribution in [2.75, 3.05) is 7.11 Å².